The molecule has 2 aromatic rings. The van der Waals surface area contributed by atoms with E-state index in [0.717, 1.165) is 0 Å². The van der Waals surface area contributed by atoms with Crippen LogP contribution in [0.3, 0.4) is 0 Å². The molecular formula is C15H18N4O3S. The first kappa shape index (κ1) is 17.0. The van der Waals surface area contributed by atoms with Gasteiger partial charge in [0.25, 0.3) is 0 Å². The number of carbonyl (C=O) groups is 2. The van der Waals surface area contributed by atoms with Gasteiger partial charge in [0.15, 0.2) is 0 Å². The number of benzene rings is 1. The SMILES string of the molecule is CCOC(=O)c1ccc(NC(=O)[C@H](C)Sc2n[nH]c(C)n2)cc1. The first-order valence-electron chi connectivity index (χ1n) is 7.13. The summed E-state index contributed by atoms with van der Waals surface area (Å²) in [6.45, 7) is 5.65. The predicted molar refractivity (Wildman–Crippen MR) is 87.5 cm³/mol. The maximum absolute atomic E-state index is 12.2. The number of nitrogens with one attached hydrogen (secondary N) is 2. The maximum Gasteiger partial charge on any atom is 0.338 e. The van der Waals surface area contributed by atoms with E-state index in [4.69, 9.17) is 4.74 Å². The molecule has 0 bridgehead atoms. The molecule has 0 saturated carbocycles. The average molecular weight is 334 g/mol. The molecule has 0 aliphatic rings. The van der Waals surface area contributed by atoms with E-state index in [2.05, 4.69) is 20.5 Å². The molecular weight excluding hydrogens is 316 g/mol. The summed E-state index contributed by atoms with van der Waals surface area (Å²) >= 11 is 1.27. The van der Waals surface area contributed by atoms with Gasteiger partial charge in [-0.25, -0.2) is 9.78 Å². The van der Waals surface area contributed by atoms with Crippen molar-refractivity contribution < 1.29 is 14.3 Å². The predicted octanol–water partition coefficient (Wildman–Crippen LogP) is 2.41. The number of hydrogen-bond acceptors (Lipinski definition) is 6. The van der Waals surface area contributed by atoms with Crippen molar-refractivity contribution in [2.24, 2.45) is 0 Å². The highest BCUT2D eigenvalue weighted by molar-refractivity contribution is 8.00. The highest BCUT2D eigenvalue weighted by atomic mass is 32.2. The topological polar surface area (TPSA) is 97.0 Å². The van der Waals surface area contributed by atoms with E-state index in [-0.39, 0.29) is 17.1 Å². The van der Waals surface area contributed by atoms with Gasteiger partial charge >= 0.3 is 5.97 Å². The summed E-state index contributed by atoms with van der Waals surface area (Å²) < 4.78 is 4.91. The summed E-state index contributed by atoms with van der Waals surface area (Å²) in [5, 5.41) is 9.69. The lowest BCUT2D eigenvalue weighted by Gasteiger charge is -2.10. The third-order valence-corrected chi connectivity index (χ3v) is 3.85. The van der Waals surface area contributed by atoms with Crippen molar-refractivity contribution in [3.8, 4) is 0 Å². The first-order chi connectivity index (χ1) is 11.0. The van der Waals surface area contributed by atoms with Crippen LogP contribution in [0.4, 0.5) is 5.69 Å². The molecule has 1 aromatic carbocycles. The van der Waals surface area contributed by atoms with Gasteiger partial charge in [0, 0.05) is 5.69 Å². The van der Waals surface area contributed by atoms with E-state index in [9.17, 15) is 9.59 Å². The van der Waals surface area contributed by atoms with E-state index >= 15 is 0 Å². The summed E-state index contributed by atoms with van der Waals surface area (Å²) in [6.07, 6.45) is 0. The van der Waals surface area contributed by atoms with Crippen molar-refractivity contribution in [3.63, 3.8) is 0 Å². The monoisotopic (exact) mass is 334 g/mol. The van der Waals surface area contributed by atoms with Crippen molar-refractivity contribution >= 4 is 29.3 Å². The van der Waals surface area contributed by atoms with Crippen LogP contribution in [-0.4, -0.2) is 38.9 Å². The van der Waals surface area contributed by atoms with Crippen molar-refractivity contribution in [2.75, 3.05) is 11.9 Å². The lowest BCUT2D eigenvalue weighted by Crippen LogP contribution is -2.22. The van der Waals surface area contributed by atoms with Gasteiger partial charge in [-0.2, -0.15) is 0 Å². The number of esters is 1. The Morgan fingerprint density at radius 2 is 2.04 bits per heavy atom. The second kappa shape index (κ2) is 7.77. The highest BCUT2D eigenvalue weighted by Crippen LogP contribution is 2.20. The van der Waals surface area contributed by atoms with Gasteiger partial charge in [0.05, 0.1) is 17.4 Å². The highest BCUT2D eigenvalue weighted by Gasteiger charge is 2.17. The Bertz CT molecular complexity index is 684. The maximum atomic E-state index is 12.2. The zero-order valence-electron chi connectivity index (χ0n) is 13.1. The number of nitrogens with zero attached hydrogens (tertiary/aromatic N) is 2. The molecule has 0 fully saturated rings. The van der Waals surface area contributed by atoms with E-state index in [1.54, 1.807) is 45.0 Å². The molecule has 1 amide bonds. The van der Waals surface area contributed by atoms with Gasteiger partial charge in [-0.3, -0.25) is 9.89 Å². The molecule has 1 heterocycles. The molecule has 122 valence electrons. The molecule has 0 aliphatic carbocycles. The minimum atomic E-state index is -0.380. The first-order valence-corrected chi connectivity index (χ1v) is 8.01. The number of ether oxygens (including phenoxy) is 1. The number of thioether (sulfide) groups is 1. The molecule has 0 spiro atoms. The molecule has 2 rings (SSSR count). The molecule has 8 heteroatoms. The summed E-state index contributed by atoms with van der Waals surface area (Å²) in [6, 6.07) is 6.56. The van der Waals surface area contributed by atoms with Crippen LogP contribution < -0.4 is 5.32 Å². The van der Waals surface area contributed by atoms with E-state index in [0.29, 0.717) is 28.8 Å². The molecule has 0 unspecified atom stereocenters. The summed E-state index contributed by atoms with van der Waals surface area (Å²) in [7, 11) is 0. The van der Waals surface area contributed by atoms with Crippen LogP contribution in [-0.2, 0) is 9.53 Å². The minimum Gasteiger partial charge on any atom is -0.462 e. The number of aryl methyl sites for hydroxylation is 1. The molecule has 1 atom stereocenters. The molecule has 2 N–H and O–H groups in total. The lowest BCUT2D eigenvalue weighted by molar-refractivity contribution is -0.115. The van der Waals surface area contributed by atoms with Gasteiger partial charge in [0.2, 0.25) is 11.1 Å². The van der Waals surface area contributed by atoms with Crippen LogP contribution in [0.15, 0.2) is 29.4 Å². The molecule has 0 aliphatic heterocycles. The molecule has 1 aromatic heterocycles. The number of aromatic nitrogens is 3. The fourth-order valence-electron chi connectivity index (χ4n) is 1.73. The van der Waals surface area contributed by atoms with E-state index in [1.807, 2.05) is 0 Å². The lowest BCUT2D eigenvalue weighted by atomic mass is 10.2. The van der Waals surface area contributed by atoms with Crippen LogP contribution in [0.25, 0.3) is 0 Å². The molecule has 7 nitrogen and oxygen atoms in total. The number of H-pyrrole nitrogens is 1. The quantitative estimate of drug-likeness (QED) is 0.622. The van der Waals surface area contributed by atoms with Crippen molar-refractivity contribution in [3.05, 3.63) is 35.7 Å². The van der Waals surface area contributed by atoms with Gasteiger partial charge in [0.1, 0.15) is 5.82 Å². The molecule has 23 heavy (non-hydrogen) atoms. The van der Waals surface area contributed by atoms with Crippen LogP contribution in [0.1, 0.15) is 30.0 Å². The third-order valence-electron chi connectivity index (χ3n) is 2.89. The fraction of sp³-hybridized carbons (Fsp3) is 0.333. The van der Waals surface area contributed by atoms with Gasteiger partial charge in [-0.15, -0.1) is 5.10 Å². The van der Waals surface area contributed by atoms with E-state index < -0.39 is 0 Å². The van der Waals surface area contributed by atoms with Gasteiger partial charge < -0.3 is 10.1 Å². The summed E-state index contributed by atoms with van der Waals surface area (Å²) in [5.74, 6) is 0.158. The fourth-order valence-corrected chi connectivity index (χ4v) is 2.50. The van der Waals surface area contributed by atoms with Crippen molar-refractivity contribution in [2.45, 2.75) is 31.2 Å². The van der Waals surface area contributed by atoms with Crippen LogP contribution in [0, 0.1) is 6.92 Å². The Hall–Kier alpha value is -2.35. The van der Waals surface area contributed by atoms with Gasteiger partial charge in [-0.1, -0.05) is 11.8 Å². The van der Waals surface area contributed by atoms with Crippen LogP contribution >= 0.6 is 11.8 Å². The largest absolute Gasteiger partial charge is 0.462 e. The third kappa shape index (κ3) is 4.82. The Balaban J connectivity index is 1.92. The van der Waals surface area contributed by atoms with Crippen LogP contribution in [0.5, 0.6) is 0 Å². The number of carbonyl (C=O) groups excluding carboxylic acids is 2. The molecule has 0 saturated heterocycles. The van der Waals surface area contributed by atoms with E-state index in [1.165, 1.54) is 11.8 Å². The normalized spacial score (nSPS) is 11.8. The van der Waals surface area contributed by atoms with Gasteiger partial charge in [-0.05, 0) is 45.0 Å². The minimum absolute atomic E-state index is 0.165. The Morgan fingerprint density at radius 3 is 2.61 bits per heavy atom. The average Bonchev–Trinajstić information content (AvgIpc) is 2.93. The number of anilines is 1. The second-order valence-corrected chi connectivity index (χ2v) is 6.06. The van der Waals surface area contributed by atoms with Crippen molar-refractivity contribution in [1.82, 2.24) is 15.2 Å². The summed E-state index contributed by atoms with van der Waals surface area (Å²) in [5.41, 5.74) is 1.06. The number of amides is 1. The Kier molecular flexibility index (Phi) is 5.75. The number of rotatable bonds is 6. The smallest absolute Gasteiger partial charge is 0.338 e. The zero-order valence-corrected chi connectivity index (χ0v) is 13.9. The standard InChI is InChI=1S/C15H18N4O3S/c1-4-22-14(21)11-5-7-12(8-6-11)17-13(20)9(2)23-15-16-10(3)18-19-15/h5-9H,4H2,1-3H3,(H,17,20)(H,16,18,19)/t9-/m0/s1. The number of aromatic amines is 1. The van der Waals surface area contributed by atoms with Crippen molar-refractivity contribution in [1.29, 1.82) is 0 Å². The zero-order chi connectivity index (χ0) is 16.8. The molecule has 0 radical (unpaired) electrons. The Morgan fingerprint density at radius 1 is 1.35 bits per heavy atom. The summed E-state index contributed by atoms with van der Waals surface area (Å²) in [4.78, 5) is 27.9. The van der Waals surface area contributed by atoms with Crippen LogP contribution in [0.2, 0.25) is 0 Å². The second-order valence-electron chi connectivity index (χ2n) is 4.75. The Labute approximate surface area is 138 Å². The number of hydrogen-bond donors (Lipinski definition) is 2.